The van der Waals surface area contributed by atoms with E-state index in [1.165, 1.54) is 0 Å². The first kappa shape index (κ1) is 11.2. The number of nitrogens with two attached hydrogens (primary N) is 1. The Balaban J connectivity index is 1.97. The number of fused-ring (bicyclic) bond motifs is 1. The Kier molecular flexibility index (Phi) is 2.72. The van der Waals surface area contributed by atoms with Crippen LogP contribution in [0.1, 0.15) is 21.3 Å². The second kappa shape index (κ2) is 4.38. The Hall–Kier alpha value is -1.94. The van der Waals surface area contributed by atoms with Crippen LogP contribution in [0.4, 0.5) is 5.69 Å². The standard InChI is InChI=1S/C14H12N2OS/c15-10-6-7-12-11(8-10)13(17)16-14(18-12)9-4-2-1-3-5-9/h1-8,14H,15H2,(H,16,17). The van der Waals surface area contributed by atoms with E-state index in [2.05, 4.69) is 5.32 Å². The Labute approximate surface area is 109 Å². The van der Waals surface area contributed by atoms with E-state index in [0.717, 1.165) is 10.5 Å². The highest BCUT2D eigenvalue weighted by Gasteiger charge is 2.25. The van der Waals surface area contributed by atoms with Gasteiger partial charge in [0.1, 0.15) is 5.37 Å². The van der Waals surface area contributed by atoms with Crippen molar-refractivity contribution in [1.82, 2.24) is 5.32 Å². The highest BCUT2D eigenvalue weighted by Crippen LogP contribution is 2.39. The van der Waals surface area contributed by atoms with Crippen molar-refractivity contribution in [3.8, 4) is 0 Å². The minimum Gasteiger partial charge on any atom is -0.399 e. The van der Waals surface area contributed by atoms with E-state index in [0.29, 0.717) is 11.3 Å². The first-order valence-electron chi connectivity index (χ1n) is 5.66. The van der Waals surface area contributed by atoms with Gasteiger partial charge >= 0.3 is 0 Å². The minimum absolute atomic E-state index is 0.0326. The number of rotatable bonds is 1. The van der Waals surface area contributed by atoms with Gasteiger partial charge in [0.15, 0.2) is 0 Å². The third-order valence-electron chi connectivity index (χ3n) is 2.86. The van der Waals surface area contributed by atoms with Gasteiger partial charge in [-0.2, -0.15) is 0 Å². The fourth-order valence-electron chi connectivity index (χ4n) is 1.96. The van der Waals surface area contributed by atoms with Crippen molar-refractivity contribution in [2.24, 2.45) is 0 Å². The van der Waals surface area contributed by atoms with E-state index in [9.17, 15) is 4.79 Å². The molecule has 1 atom stereocenters. The summed E-state index contributed by atoms with van der Waals surface area (Å²) < 4.78 is 0. The van der Waals surface area contributed by atoms with Crippen molar-refractivity contribution in [1.29, 1.82) is 0 Å². The normalized spacial score (nSPS) is 18.0. The molecular weight excluding hydrogens is 244 g/mol. The van der Waals surface area contributed by atoms with Gasteiger partial charge in [0, 0.05) is 10.6 Å². The van der Waals surface area contributed by atoms with Gasteiger partial charge in [-0.1, -0.05) is 42.1 Å². The summed E-state index contributed by atoms with van der Waals surface area (Å²) in [6.45, 7) is 0. The number of thioether (sulfide) groups is 1. The van der Waals surface area contributed by atoms with Crippen molar-refractivity contribution >= 4 is 23.4 Å². The van der Waals surface area contributed by atoms with Gasteiger partial charge in [-0.05, 0) is 23.8 Å². The maximum atomic E-state index is 12.0. The second-order valence-electron chi connectivity index (χ2n) is 4.14. The minimum atomic E-state index is -0.0649. The summed E-state index contributed by atoms with van der Waals surface area (Å²) in [5.41, 5.74) is 8.07. The molecule has 1 aliphatic rings. The Morgan fingerprint density at radius 2 is 1.89 bits per heavy atom. The SMILES string of the molecule is Nc1ccc2c(c1)C(=O)NC(c1ccccc1)S2. The molecular formula is C14H12N2OS. The van der Waals surface area contributed by atoms with Crippen LogP contribution in [0.5, 0.6) is 0 Å². The van der Waals surface area contributed by atoms with Crippen LogP contribution in [0, 0.1) is 0 Å². The molecule has 3 N–H and O–H groups in total. The highest BCUT2D eigenvalue weighted by atomic mass is 32.2. The molecule has 1 unspecified atom stereocenters. The van der Waals surface area contributed by atoms with E-state index in [4.69, 9.17) is 5.73 Å². The van der Waals surface area contributed by atoms with Crippen molar-refractivity contribution in [3.63, 3.8) is 0 Å². The van der Waals surface area contributed by atoms with Crippen LogP contribution in [0.2, 0.25) is 0 Å². The Morgan fingerprint density at radius 3 is 2.67 bits per heavy atom. The van der Waals surface area contributed by atoms with Gasteiger partial charge in [0.05, 0.1) is 5.56 Å². The summed E-state index contributed by atoms with van der Waals surface area (Å²) in [5, 5.41) is 2.95. The molecule has 90 valence electrons. The fourth-order valence-corrected chi connectivity index (χ4v) is 3.10. The zero-order chi connectivity index (χ0) is 12.5. The lowest BCUT2D eigenvalue weighted by molar-refractivity contribution is 0.0943. The van der Waals surface area contributed by atoms with Crippen molar-refractivity contribution in [2.75, 3.05) is 5.73 Å². The smallest absolute Gasteiger partial charge is 0.253 e. The summed E-state index contributed by atoms with van der Waals surface area (Å²) in [7, 11) is 0. The Bertz CT molecular complexity index is 598. The molecule has 0 fully saturated rings. The number of nitrogen functional groups attached to an aromatic ring is 1. The van der Waals surface area contributed by atoms with Crippen molar-refractivity contribution in [3.05, 3.63) is 59.7 Å². The quantitative estimate of drug-likeness (QED) is 0.771. The zero-order valence-corrected chi connectivity index (χ0v) is 10.4. The molecule has 3 nitrogen and oxygen atoms in total. The zero-order valence-electron chi connectivity index (χ0n) is 9.59. The summed E-state index contributed by atoms with van der Waals surface area (Å²) in [4.78, 5) is 13.0. The number of anilines is 1. The molecule has 4 heteroatoms. The van der Waals surface area contributed by atoms with Crippen LogP contribution in [0.3, 0.4) is 0 Å². The number of hydrogen-bond donors (Lipinski definition) is 2. The average Bonchev–Trinajstić information content (AvgIpc) is 2.40. The number of nitrogens with one attached hydrogen (secondary N) is 1. The summed E-state index contributed by atoms with van der Waals surface area (Å²) in [6, 6.07) is 15.4. The van der Waals surface area contributed by atoms with Crippen LogP contribution < -0.4 is 11.1 Å². The lowest BCUT2D eigenvalue weighted by Gasteiger charge is -2.25. The monoisotopic (exact) mass is 256 g/mol. The number of amides is 1. The van der Waals surface area contributed by atoms with E-state index < -0.39 is 0 Å². The van der Waals surface area contributed by atoms with Crippen molar-refractivity contribution in [2.45, 2.75) is 10.3 Å². The molecule has 0 saturated carbocycles. The lowest BCUT2D eigenvalue weighted by Crippen LogP contribution is -2.30. The van der Waals surface area contributed by atoms with Crippen molar-refractivity contribution < 1.29 is 4.79 Å². The van der Waals surface area contributed by atoms with E-state index >= 15 is 0 Å². The van der Waals surface area contributed by atoms with Crippen LogP contribution in [-0.2, 0) is 0 Å². The molecule has 0 spiro atoms. The summed E-state index contributed by atoms with van der Waals surface area (Å²) >= 11 is 1.64. The molecule has 2 aromatic carbocycles. The van der Waals surface area contributed by atoms with Crippen LogP contribution >= 0.6 is 11.8 Å². The van der Waals surface area contributed by atoms with E-state index in [1.54, 1.807) is 17.8 Å². The topological polar surface area (TPSA) is 55.1 Å². The molecule has 1 aliphatic heterocycles. The molecule has 0 saturated heterocycles. The maximum Gasteiger partial charge on any atom is 0.253 e. The van der Waals surface area contributed by atoms with Gasteiger partial charge in [-0.3, -0.25) is 4.79 Å². The molecule has 3 rings (SSSR count). The molecule has 1 amide bonds. The predicted octanol–water partition coefficient (Wildman–Crippen LogP) is 2.80. The number of benzene rings is 2. The van der Waals surface area contributed by atoms with Gasteiger partial charge < -0.3 is 11.1 Å². The van der Waals surface area contributed by atoms with Crippen LogP contribution in [0.15, 0.2) is 53.4 Å². The van der Waals surface area contributed by atoms with Crippen LogP contribution in [-0.4, -0.2) is 5.91 Å². The predicted molar refractivity (Wildman–Crippen MR) is 73.4 cm³/mol. The molecule has 0 radical (unpaired) electrons. The third kappa shape index (κ3) is 1.95. The van der Waals surface area contributed by atoms with Crippen LogP contribution in [0.25, 0.3) is 0 Å². The average molecular weight is 256 g/mol. The Morgan fingerprint density at radius 1 is 1.11 bits per heavy atom. The number of carbonyl (C=O) groups is 1. The molecule has 0 aromatic heterocycles. The third-order valence-corrected chi connectivity index (χ3v) is 4.09. The lowest BCUT2D eigenvalue weighted by atomic mass is 10.1. The van der Waals surface area contributed by atoms with Gasteiger partial charge in [-0.15, -0.1) is 0 Å². The van der Waals surface area contributed by atoms with Gasteiger partial charge in [0.25, 0.3) is 5.91 Å². The number of carbonyl (C=O) groups excluding carboxylic acids is 1. The summed E-state index contributed by atoms with van der Waals surface area (Å²) in [6.07, 6.45) is 0. The second-order valence-corrected chi connectivity index (χ2v) is 5.28. The summed E-state index contributed by atoms with van der Waals surface area (Å²) in [5.74, 6) is -0.0649. The maximum absolute atomic E-state index is 12.0. The molecule has 0 bridgehead atoms. The number of hydrogen-bond acceptors (Lipinski definition) is 3. The molecule has 2 aromatic rings. The molecule has 1 heterocycles. The van der Waals surface area contributed by atoms with E-state index in [-0.39, 0.29) is 11.3 Å². The first-order chi connectivity index (χ1) is 8.74. The van der Waals surface area contributed by atoms with E-state index in [1.807, 2.05) is 42.5 Å². The molecule has 18 heavy (non-hydrogen) atoms. The van der Waals surface area contributed by atoms with Gasteiger partial charge in [-0.25, -0.2) is 0 Å². The molecule has 0 aliphatic carbocycles. The largest absolute Gasteiger partial charge is 0.399 e. The highest BCUT2D eigenvalue weighted by molar-refractivity contribution is 7.99. The fraction of sp³-hybridized carbons (Fsp3) is 0.0714. The van der Waals surface area contributed by atoms with Gasteiger partial charge in [0.2, 0.25) is 0 Å². The first-order valence-corrected chi connectivity index (χ1v) is 6.54.